The highest BCUT2D eigenvalue weighted by molar-refractivity contribution is 6.04. The van der Waals surface area contributed by atoms with Crippen LogP contribution in [0.3, 0.4) is 0 Å². The molecule has 4 aromatic rings. The van der Waals surface area contributed by atoms with E-state index in [2.05, 4.69) is 20.6 Å². The van der Waals surface area contributed by atoms with Crippen molar-refractivity contribution in [3.8, 4) is 11.6 Å². The van der Waals surface area contributed by atoms with Crippen molar-refractivity contribution in [2.45, 2.75) is 6.92 Å². The molecule has 0 atom stereocenters. The summed E-state index contributed by atoms with van der Waals surface area (Å²) in [7, 11) is 1.74. The lowest BCUT2D eigenvalue weighted by atomic mass is 10.2. The number of para-hydroxylation sites is 1. The molecule has 0 aliphatic heterocycles. The van der Waals surface area contributed by atoms with Crippen LogP contribution in [0.2, 0.25) is 0 Å². The Hall–Kier alpha value is -3.75. The van der Waals surface area contributed by atoms with Gasteiger partial charge in [0.25, 0.3) is 11.8 Å². The van der Waals surface area contributed by atoms with Crippen molar-refractivity contribution in [3.05, 3.63) is 58.1 Å². The van der Waals surface area contributed by atoms with Crippen LogP contribution in [-0.4, -0.2) is 25.9 Å². The van der Waals surface area contributed by atoms with Gasteiger partial charge in [-0.1, -0.05) is 23.3 Å². The maximum Gasteiger partial charge on any atom is 0.349 e. The number of anilines is 1. The lowest BCUT2D eigenvalue weighted by molar-refractivity contribution is 0.102. The smallest absolute Gasteiger partial charge is 0.349 e. The Labute approximate surface area is 146 Å². The van der Waals surface area contributed by atoms with Gasteiger partial charge in [-0.3, -0.25) is 14.8 Å². The predicted molar refractivity (Wildman–Crippen MR) is 91.7 cm³/mol. The molecule has 3 aromatic heterocycles. The second kappa shape index (κ2) is 5.96. The second-order valence-electron chi connectivity index (χ2n) is 5.65. The van der Waals surface area contributed by atoms with Gasteiger partial charge in [-0.05, 0) is 25.1 Å². The average molecular weight is 351 g/mol. The van der Waals surface area contributed by atoms with Gasteiger partial charge in [0.05, 0.1) is 5.69 Å². The number of nitrogens with zero attached hydrogens (tertiary/aromatic N) is 4. The highest BCUT2D eigenvalue weighted by atomic mass is 16.4. The third-order valence-electron chi connectivity index (χ3n) is 3.75. The number of nitrogens with one attached hydrogen (secondary N) is 1. The van der Waals surface area contributed by atoms with Gasteiger partial charge in [-0.25, -0.2) is 4.79 Å². The minimum Gasteiger partial charge on any atom is -0.422 e. The zero-order valence-electron chi connectivity index (χ0n) is 13.9. The summed E-state index contributed by atoms with van der Waals surface area (Å²) in [5, 5.41) is 14.9. The van der Waals surface area contributed by atoms with Crippen LogP contribution in [0.15, 0.2) is 50.0 Å². The number of carbonyl (C=O) groups excluding carboxylic acids is 1. The van der Waals surface area contributed by atoms with Crippen LogP contribution in [0.4, 0.5) is 6.01 Å². The van der Waals surface area contributed by atoms with Gasteiger partial charge in [0.2, 0.25) is 0 Å². The third kappa shape index (κ3) is 2.75. The van der Waals surface area contributed by atoms with Crippen LogP contribution < -0.4 is 10.9 Å². The van der Waals surface area contributed by atoms with Crippen LogP contribution in [0.25, 0.3) is 22.6 Å². The van der Waals surface area contributed by atoms with Crippen LogP contribution in [-0.2, 0) is 7.05 Å². The monoisotopic (exact) mass is 351 g/mol. The number of aryl methyl sites for hydroxylation is 2. The number of fused-ring (bicyclic) bond motifs is 1. The van der Waals surface area contributed by atoms with Crippen LogP contribution >= 0.6 is 0 Å². The fourth-order valence-corrected chi connectivity index (χ4v) is 2.57. The molecule has 0 bridgehead atoms. The van der Waals surface area contributed by atoms with Gasteiger partial charge in [0, 0.05) is 12.4 Å². The largest absolute Gasteiger partial charge is 0.422 e. The van der Waals surface area contributed by atoms with E-state index in [-0.39, 0.29) is 17.5 Å². The van der Waals surface area contributed by atoms with E-state index in [4.69, 9.17) is 8.83 Å². The zero-order valence-corrected chi connectivity index (χ0v) is 13.9. The van der Waals surface area contributed by atoms with Crippen molar-refractivity contribution in [2.75, 3.05) is 5.32 Å². The molecule has 1 N–H and O–H groups in total. The van der Waals surface area contributed by atoms with E-state index < -0.39 is 11.5 Å². The van der Waals surface area contributed by atoms with Gasteiger partial charge >= 0.3 is 11.6 Å². The van der Waals surface area contributed by atoms with Crippen LogP contribution in [0, 0.1) is 6.92 Å². The molecule has 1 aromatic carbocycles. The number of hydrogen-bond donors (Lipinski definition) is 1. The van der Waals surface area contributed by atoms with Gasteiger partial charge in [0.1, 0.15) is 16.8 Å². The van der Waals surface area contributed by atoms with E-state index in [9.17, 15) is 9.59 Å². The molecule has 130 valence electrons. The molecule has 0 saturated carbocycles. The minimum atomic E-state index is -0.747. The van der Waals surface area contributed by atoms with Gasteiger partial charge < -0.3 is 8.83 Å². The molecular weight excluding hydrogens is 338 g/mol. The Kier molecular flexibility index (Phi) is 3.61. The summed E-state index contributed by atoms with van der Waals surface area (Å²) in [6.45, 7) is 1.83. The molecule has 9 heteroatoms. The van der Waals surface area contributed by atoms with E-state index in [0.717, 1.165) is 5.69 Å². The van der Waals surface area contributed by atoms with Crippen LogP contribution in [0.1, 0.15) is 16.1 Å². The van der Waals surface area contributed by atoms with Crippen molar-refractivity contribution in [2.24, 2.45) is 7.05 Å². The fourth-order valence-electron chi connectivity index (χ4n) is 2.57. The third-order valence-corrected chi connectivity index (χ3v) is 3.75. The fraction of sp³-hybridized carbons (Fsp3) is 0.118. The first-order chi connectivity index (χ1) is 12.5. The number of carbonyl (C=O) groups is 1. The second-order valence-corrected chi connectivity index (χ2v) is 5.65. The highest BCUT2D eigenvalue weighted by Crippen LogP contribution is 2.20. The Morgan fingerprint density at radius 3 is 2.73 bits per heavy atom. The summed E-state index contributed by atoms with van der Waals surface area (Å²) in [6, 6.07) is 10.0. The number of rotatable bonds is 3. The zero-order chi connectivity index (χ0) is 18.3. The van der Waals surface area contributed by atoms with E-state index in [0.29, 0.717) is 16.7 Å². The molecule has 0 saturated heterocycles. The van der Waals surface area contributed by atoms with Gasteiger partial charge in [-0.15, -0.1) is 5.10 Å². The van der Waals surface area contributed by atoms with E-state index in [1.165, 1.54) is 6.07 Å². The van der Waals surface area contributed by atoms with E-state index in [1.54, 1.807) is 42.1 Å². The normalized spacial score (nSPS) is 11.0. The molecule has 0 aliphatic carbocycles. The Bertz CT molecular complexity index is 1190. The molecule has 0 spiro atoms. The summed E-state index contributed by atoms with van der Waals surface area (Å²) >= 11 is 0. The van der Waals surface area contributed by atoms with Crippen molar-refractivity contribution >= 4 is 22.9 Å². The molecule has 1 amide bonds. The first kappa shape index (κ1) is 15.8. The molecule has 4 rings (SSSR count). The lowest BCUT2D eigenvalue weighted by Crippen LogP contribution is -2.20. The Morgan fingerprint density at radius 1 is 1.15 bits per heavy atom. The van der Waals surface area contributed by atoms with E-state index >= 15 is 0 Å². The minimum absolute atomic E-state index is 0.128. The highest BCUT2D eigenvalue weighted by Gasteiger charge is 2.18. The first-order valence-corrected chi connectivity index (χ1v) is 7.70. The van der Waals surface area contributed by atoms with Crippen molar-refractivity contribution in [3.63, 3.8) is 0 Å². The molecule has 0 fully saturated rings. The van der Waals surface area contributed by atoms with Crippen molar-refractivity contribution in [1.82, 2.24) is 20.0 Å². The molecular formula is C17H13N5O4. The number of aromatic nitrogens is 4. The van der Waals surface area contributed by atoms with Crippen molar-refractivity contribution in [1.29, 1.82) is 0 Å². The maximum absolute atomic E-state index is 12.4. The first-order valence-electron chi connectivity index (χ1n) is 7.70. The Balaban J connectivity index is 1.62. The summed E-state index contributed by atoms with van der Waals surface area (Å²) in [5.41, 5.74) is 0.907. The molecule has 3 heterocycles. The quantitative estimate of drug-likeness (QED) is 0.562. The summed E-state index contributed by atoms with van der Waals surface area (Å²) in [4.78, 5) is 24.4. The van der Waals surface area contributed by atoms with Gasteiger partial charge in [0.15, 0.2) is 0 Å². The SMILES string of the molecule is Cc1cc(-c2nnc(NC(=O)c3cc4ccccc4oc3=O)o2)n(C)n1. The summed E-state index contributed by atoms with van der Waals surface area (Å²) in [6.07, 6.45) is 0. The summed E-state index contributed by atoms with van der Waals surface area (Å²) in [5.74, 6) is -0.491. The Morgan fingerprint density at radius 2 is 1.96 bits per heavy atom. The standard InChI is InChI=1S/C17H13N5O4/c1-9-7-12(22(2)21-9)15-19-20-17(26-15)18-14(23)11-8-10-5-3-4-6-13(10)25-16(11)24/h3-8H,1-2H3,(H,18,20,23). The molecule has 0 radical (unpaired) electrons. The number of amides is 1. The molecule has 26 heavy (non-hydrogen) atoms. The summed E-state index contributed by atoms with van der Waals surface area (Å²) < 4.78 is 12.2. The molecule has 0 unspecified atom stereocenters. The molecule has 9 nitrogen and oxygen atoms in total. The maximum atomic E-state index is 12.4. The number of benzene rings is 1. The van der Waals surface area contributed by atoms with E-state index in [1.807, 2.05) is 6.92 Å². The topological polar surface area (TPSA) is 116 Å². The lowest BCUT2D eigenvalue weighted by Gasteiger charge is -2.01. The predicted octanol–water partition coefficient (Wildman–Crippen LogP) is 2.14. The average Bonchev–Trinajstić information content (AvgIpc) is 3.19. The number of hydrogen-bond acceptors (Lipinski definition) is 7. The van der Waals surface area contributed by atoms with Gasteiger partial charge in [-0.2, -0.15) is 5.10 Å². The van der Waals surface area contributed by atoms with Crippen molar-refractivity contribution < 1.29 is 13.6 Å². The molecule has 0 aliphatic rings. The van der Waals surface area contributed by atoms with Crippen LogP contribution in [0.5, 0.6) is 0 Å².